The summed E-state index contributed by atoms with van der Waals surface area (Å²) in [6.45, 7) is 1.53. The number of halogens is 1. The van der Waals surface area contributed by atoms with Crippen LogP contribution in [0, 0.1) is 0 Å². The molecule has 0 aliphatic rings. The lowest BCUT2D eigenvalue weighted by molar-refractivity contribution is 0.101. The first-order valence-corrected chi connectivity index (χ1v) is 7.02. The quantitative estimate of drug-likeness (QED) is 0.771. The standard InChI is InChI=1S/C16H16BrNO2/c1-11(19)15-8-7-12(17)9-16(15)20-14-6-4-5-13(10-14)18(2)3/h4-10H,1-3H3. The summed E-state index contributed by atoms with van der Waals surface area (Å²) in [5.41, 5.74) is 1.62. The highest BCUT2D eigenvalue weighted by Gasteiger charge is 2.10. The number of hydrogen-bond acceptors (Lipinski definition) is 3. The Balaban J connectivity index is 2.36. The Labute approximate surface area is 127 Å². The van der Waals surface area contributed by atoms with Gasteiger partial charge < -0.3 is 9.64 Å². The van der Waals surface area contributed by atoms with Crippen molar-refractivity contribution in [1.82, 2.24) is 0 Å². The molecule has 0 radical (unpaired) electrons. The van der Waals surface area contributed by atoms with Gasteiger partial charge in [0.25, 0.3) is 0 Å². The zero-order chi connectivity index (χ0) is 14.7. The van der Waals surface area contributed by atoms with Crippen LogP contribution in [0.2, 0.25) is 0 Å². The molecule has 0 amide bonds. The van der Waals surface area contributed by atoms with Gasteiger partial charge in [-0.25, -0.2) is 0 Å². The molecule has 2 aromatic carbocycles. The number of ether oxygens (including phenoxy) is 1. The molecule has 0 saturated heterocycles. The van der Waals surface area contributed by atoms with Crippen molar-refractivity contribution in [2.45, 2.75) is 6.92 Å². The van der Waals surface area contributed by atoms with E-state index in [4.69, 9.17) is 4.74 Å². The van der Waals surface area contributed by atoms with Gasteiger partial charge in [-0.1, -0.05) is 22.0 Å². The van der Waals surface area contributed by atoms with Crippen molar-refractivity contribution in [1.29, 1.82) is 0 Å². The normalized spacial score (nSPS) is 10.2. The van der Waals surface area contributed by atoms with E-state index in [1.807, 2.05) is 49.3 Å². The van der Waals surface area contributed by atoms with Crippen molar-refractivity contribution in [3.63, 3.8) is 0 Å². The predicted molar refractivity (Wildman–Crippen MR) is 85.0 cm³/mol. The maximum Gasteiger partial charge on any atom is 0.163 e. The lowest BCUT2D eigenvalue weighted by Gasteiger charge is -2.15. The fourth-order valence-electron chi connectivity index (χ4n) is 1.82. The molecule has 0 bridgehead atoms. The van der Waals surface area contributed by atoms with Crippen LogP contribution in [0.25, 0.3) is 0 Å². The highest BCUT2D eigenvalue weighted by molar-refractivity contribution is 9.10. The van der Waals surface area contributed by atoms with E-state index in [9.17, 15) is 4.79 Å². The van der Waals surface area contributed by atoms with Gasteiger partial charge in [-0.05, 0) is 37.3 Å². The van der Waals surface area contributed by atoms with E-state index in [1.165, 1.54) is 6.92 Å². The molecule has 0 fully saturated rings. The Morgan fingerprint density at radius 1 is 1.15 bits per heavy atom. The number of carbonyl (C=O) groups is 1. The van der Waals surface area contributed by atoms with Crippen molar-refractivity contribution in [3.8, 4) is 11.5 Å². The SMILES string of the molecule is CC(=O)c1ccc(Br)cc1Oc1cccc(N(C)C)c1. The summed E-state index contributed by atoms with van der Waals surface area (Å²) < 4.78 is 6.74. The van der Waals surface area contributed by atoms with Gasteiger partial charge in [0.15, 0.2) is 5.78 Å². The van der Waals surface area contributed by atoms with Gasteiger partial charge in [-0.2, -0.15) is 0 Å². The molecule has 2 rings (SSSR count). The molecule has 0 atom stereocenters. The summed E-state index contributed by atoms with van der Waals surface area (Å²) in [4.78, 5) is 13.6. The van der Waals surface area contributed by atoms with E-state index < -0.39 is 0 Å². The fraction of sp³-hybridized carbons (Fsp3) is 0.188. The van der Waals surface area contributed by atoms with E-state index in [1.54, 1.807) is 12.1 Å². The molecular weight excluding hydrogens is 318 g/mol. The minimum absolute atomic E-state index is 0.0173. The van der Waals surface area contributed by atoms with Gasteiger partial charge in [-0.3, -0.25) is 4.79 Å². The third-order valence-electron chi connectivity index (χ3n) is 2.88. The number of ketones is 1. The largest absolute Gasteiger partial charge is 0.456 e. The van der Waals surface area contributed by atoms with Gasteiger partial charge in [-0.15, -0.1) is 0 Å². The predicted octanol–water partition coefficient (Wildman–Crippen LogP) is 4.51. The molecule has 0 aromatic heterocycles. The Bertz CT molecular complexity index is 638. The highest BCUT2D eigenvalue weighted by atomic mass is 79.9. The molecule has 20 heavy (non-hydrogen) atoms. The molecule has 0 aliphatic carbocycles. The Morgan fingerprint density at radius 2 is 1.90 bits per heavy atom. The lowest BCUT2D eigenvalue weighted by atomic mass is 10.1. The van der Waals surface area contributed by atoms with Crippen molar-refractivity contribution >= 4 is 27.4 Å². The maximum absolute atomic E-state index is 11.6. The van der Waals surface area contributed by atoms with Gasteiger partial charge in [0.1, 0.15) is 11.5 Å². The molecule has 0 heterocycles. The summed E-state index contributed by atoms with van der Waals surface area (Å²) in [6.07, 6.45) is 0. The van der Waals surface area contributed by atoms with Crippen LogP contribution in [0.3, 0.4) is 0 Å². The second kappa shape index (κ2) is 6.09. The third kappa shape index (κ3) is 3.39. The van der Waals surface area contributed by atoms with Crippen molar-refractivity contribution in [2.75, 3.05) is 19.0 Å². The maximum atomic E-state index is 11.6. The van der Waals surface area contributed by atoms with Gasteiger partial charge in [0.2, 0.25) is 0 Å². The molecule has 2 aromatic rings. The van der Waals surface area contributed by atoms with Crippen molar-refractivity contribution in [2.24, 2.45) is 0 Å². The first kappa shape index (κ1) is 14.6. The fourth-order valence-corrected chi connectivity index (χ4v) is 2.16. The molecule has 0 spiro atoms. The van der Waals surface area contributed by atoms with E-state index in [0.717, 1.165) is 10.2 Å². The number of rotatable bonds is 4. The topological polar surface area (TPSA) is 29.5 Å². The van der Waals surface area contributed by atoms with Crippen LogP contribution in [0.15, 0.2) is 46.9 Å². The van der Waals surface area contributed by atoms with Crippen molar-refractivity contribution < 1.29 is 9.53 Å². The Morgan fingerprint density at radius 3 is 2.55 bits per heavy atom. The Kier molecular flexibility index (Phi) is 4.45. The van der Waals surface area contributed by atoms with E-state index >= 15 is 0 Å². The van der Waals surface area contributed by atoms with Gasteiger partial charge in [0, 0.05) is 30.3 Å². The minimum Gasteiger partial charge on any atom is -0.456 e. The second-order valence-corrected chi connectivity index (χ2v) is 5.61. The third-order valence-corrected chi connectivity index (χ3v) is 3.38. The lowest BCUT2D eigenvalue weighted by Crippen LogP contribution is -2.08. The summed E-state index contributed by atoms with van der Waals surface area (Å²) in [5, 5.41) is 0. The van der Waals surface area contributed by atoms with Gasteiger partial charge in [0.05, 0.1) is 5.56 Å². The molecule has 0 saturated carbocycles. The summed E-state index contributed by atoms with van der Waals surface area (Å²) in [7, 11) is 3.94. The first-order chi connectivity index (χ1) is 9.47. The van der Waals surface area contributed by atoms with E-state index in [-0.39, 0.29) is 5.78 Å². The molecular formula is C16H16BrNO2. The average molecular weight is 334 g/mol. The molecule has 0 N–H and O–H groups in total. The molecule has 4 heteroatoms. The van der Waals surface area contributed by atoms with Crippen LogP contribution in [0.4, 0.5) is 5.69 Å². The molecule has 3 nitrogen and oxygen atoms in total. The number of carbonyl (C=O) groups excluding carboxylic acids is 1. The summed E-state index contributed by atoms with van der Waals surface area (Å²) in [6, 6.07) is 13.1. The number of benzene rings is 2. The smallest absolute Gasteiger partial charge is 0.163 e. The zero-order valence-corrected chi connectivity index (χ0v) is 13.3. The molecule has 104 valence electrons. The average Bonchev–Trinajstić information content (AvgIpc) is 2.38. The van der Waals surface area contributed by atoms with Crippen LogP contribution in [-0.4, -0.2) is 19.9 Å². The number of Topliss-reactive ketones (excluding diaryl/α,β-unsaturated/α-hetero) is 1. The summed E-state index contributed by atoms with van der Waals surface area (Å²) >= 11 is 3.40. The second-order valence-electron chi connectivity index (χ2n) is 4.69. The van der Waals surface area contributed by atoms with E-state index in [2.05, 4.69) is 15.9 Å². The van der Waals surface area contributed by atoms with Crippen LogP contribution in [0.1, 0.15) is 17.3 Å². The zero-order valence-electron chi connectivity index (χ0n) is 11.7. The molecule has 0 unspecified atom stereocenters. The summed E-state index contributed by atoms with van der Waals surface area (Å²) in [5.74, 6) is 1.25. The monoisotopic (exact) mass is 333 g/mol. The highest BCUT2D eigenvalue weighted by Crippen LogP contribution is 2.30. The van der Waals surface area contributed by atoms with Crippen LogP contribution < -0.4 is 9.64 Å². The minimum atomic E-state index is -0.0173. The number of hydrogen-bond donors (Lipinski definition) is 0. The number of nitrogens with zero attached hydrogens (tertiary/aromatic N) is 1. The van der Waals surface area contributed by atoms with Crippen LogP contribution in [-0.2, 0) is 0 Å². The van der Waals surface area contributed by atoms with Crippen molar-refractivity contribution in [3.05, 3.63) is 52.5 Å². The molecule has 0 aliphatic heterocycles. The van der Waals surface area contributed by atoms with Crippen LogP contribution in [0.5, 0.6) is 11.5 Å². The van der Waals surface area contributed by atoms with Crippen LogP contribution >= 0.6 is 15.9 Å². The number of anilines is 1. The first-order valence-electron chi connectivity index (χ1n) is 6.23. The van der Waals surface area contributed by atoms with Gasteiger partial charge >= 0.3 is 0 Å². The Hall–Kier alpha value is -1.81. The van der Waals surface area contributed by atoms with E-state index in [0.29, 0.717) is 17.1 Å².